The van der Waals surface area contributed by atoms with Crippen LogP contribution in [0, 0.1) is 6.92 Å². The summed E-state index contributed by atoms with van der Waals surface area (Å²) in [6, 6.07) is 3.85. The minimum absolute atomic E-state index is 0.357. The van der Waals surface area contributed by atoms with E-state index >= 15 is 0 Å². The first-order valence-electron chi connectivity index (χ1n) is 4.41. The molecular weight excluding hydrogens is 212 g/mol. The highest BCUT2D eigenvalue weighted by Crippen LogP contribution is 2.27. The lowest BCUT2D eigenvalue weighted by atomic mass is 10.1. The molecule has 2 heterocycles. The average Bonchev–Trinajstić information content (AvgIpc) is 2.85. The maximum atomic E-state index is 11.5. The highest BCUT2D eigenvalue weighted by molar-refractivity contribution is 7.13. The van der Waals surface area contributed by atoms with Crippen LogP contribution in [0.5, 0.6) is 0 Å². The number of carbonyl (C=O) groups is 1. The number of nitrogens with one attached hydrogen (secondary N) is 1. The zero-order valence-electron chi connectivity index (χ0n) is 8.40. The van der Waals surface area contributed by atoms with E-state index in [0.29, 0.717) is 11.3 Å². The lowest BCUT2D eigenvalue weighted by Gasteiger charge is -1.99. The largest absolute Gasteiger partial charge is 0.465 e. The Balaban J connectivity index is 2.54. The quantitative estimate of drug-likeness (QED) is 0.793. The number of aromatic nitrogens is 2. The molecule has 2 aromatic heterocycles. The van der Waals surface area contributed by atoms with Crippen molar-refractivity contribution >= 4 is 17.3 Å². The van der Waals surface area contributed by atoms with Gasteiger partial charge in [-0.15, -0.1) is 11.3 Å². The molecule has 2 aromatic rings. The summed E-state index contributed by atoms with van der Waals surface area (Å²) in [7, 11) is 1.37. The van der Waals surface area contributed by atoms with Crippen molar-refractivity contribution in [3.63, 3.8) is 0 Å². The third-order valence-corrected chi connectivity index (χ3v) is 2.97. The van der Waals surface area contributed by atoms with Crippen LogP contribution >= 0.6 is 11.3 Å². The number of hydrogen-bond donors (Lipinski definition) is 1. The van der Waals surface area contributed by atoms with Gasteiger partial charge in [0.25, 0.3) is 0 Å². The molecule has 0 aliphatic carbocycles. The van der Waals surface area contributed by atoms with E-state index in [9.17, 15) is 4.79 Å². The molecule has 0 aliphatic rings. The van der Waals surface area contributed by atoms with Crippen molar-refractivity contribution in [3.05, 3.63) is 28.8 Å². The molecule has 0 bridgehead atoms. The van der Waals surface area contributed by atoms with Gasteiger partial charge in [0, 0.05) is 5.69 Å². The molecule has 0 amide bonds. The summed E-state index contributed by atoms with van der Waals surface area (Å²) in [4.78, 5) is 12.5. The van der Waals surface area contributed by atoms with E-state index in [4.69, 9.17) is 4.74 Å². The van der Waals surface area contributed by atoms with Crippen LogP contribution in [0.2, 0.25) is 0 Å². The molecule has 0 saturated carbocycles. The number of H-pyrrole nitrogens is 1. The van der Waals surface area contributed by atoms with Crippen molar-refractivity contribution < 1.29 is 9.53 Å². The molecule has 0 spiro atoms. The predicted molar refractivity (Wildman–Crippen MR) is 58.0 cm³/mol. The van der Waals surface area contributed by atoms with E-state index in [2.05, 4.69) is 10.2 Å². The summed E-state index contributed by atoms with van der Waals surface area (Å²) in [5.74, 6) is -0.357. The minimum atomic E-state index is -0.357. The minimum Gasteiger partial charge on any atom is -0.465 e. The molecule has 0 radical (unpaired) electrons. The Labute approximate surface area is 90.9 Å². The first-order chi connectivity index (χ1) is 7.24. The van der Waals surface area contributed by atoms with E-state index in [1.165, 1.54) is 7.11 Å². The number of carbonyl (C=O) groups excluding carboxylic acids is 1. The summed E-state index contributed by atoms with van der Waals surface area (Å²) in [5.41, 5.74) is 1.90. The van der Waals surface area contributed by atoms with Crippen LogP contribution in [-0.4, -0.2) is 23.3 Å². The van der Waals surface area contributed by atoms with Crippen LogP contribution in [-0.2, 0) is 4.74 Å². The van der Waals surface area contributed by atoms with Crippen molar-refractivity contribution in [3.8, 4) is 10.6 Å². The Kier molecular flexibility index (Phi) is 2.55. The van der Waals surface area contributed by atoms with Crippen molar-refractivity contribution in [2.24, 2.45) is 0 Å². The Morgan fingerprint density at radius 1 is 1.60 bits per heavy atom. The summed E-state index contributed by atoms with van der Waals surface area (Å²) in [5, 5.41) is 8.85. The second kappa shape index (κ2) is 3.86. The Bertz CT molecular complexity index is 474. The molecule has 5 heteroatoms. The predicted octanol–water partition coefficient (Wildman–Crippen LogP) is 2.23. The summed E-state index contributed by atoms with van der Waals surface area (Å²) >= 11 is 1.54. The number of methoxy groups -OCH3 is 1. The van der Waals surface area contributed by atoms with Crippen LogP contribution in [0.3, 0.4) is 0 Å². The second-order valence-electron chi connectivity index (χ2n) is 3.04. The molecule has 0 aliphatic heterocycles. The SMILES string of the molecule is COC(=O)c1c(-c2cccs2)n[nH]c1C. The number of hydrogen-bond acceptors (Lipinski definition) is 4. The van der Waals surface area contributed by atoms with Gasteiger partial charge in [-0.1, -0.05) is 6.07 Å². The summed E-state index contributed by atoms with van der Waals surface area (Å²) in [6.07, 6.45) is 0. The molecule has 2 rings (SSSR count). The Morgan fingerprint density at radius 2 is 2.40 bits per heavy atom. The molecule has 1 N–H and O–H groups in total. The van der Waals surface area contributed by atoms with Gasteiger partial charge in [0.15, 0.2) is 0 Å². The lowest BCUT2D eigenvalue weighted by Crippen LogP contribution is -2.03. The summed E-state index contributed by atoms with van der Waals surface area (Å²) < 4.78 is 4.72. The fourth-order valence-electron chi connectivity index (χ4n) is 1.37. The second-order valence-corrected chi connectivity index (χ2v) is 3.99. The molecule has 0 saturated heterocycles. The molecule has 0 aromatic carbocycles. The monoisotopic (exact) mass is 222 g/mol. The number of rotatable bonds is 2. The van der Waals surface area contributed by atoms with Gasteiger partial charge in [-0.25, -0.2) is 4.79 Å². The smallest absolute Gasteiger partial charge is 0.342 e. The number of thiophene rings is 1. The zero-order chi connectivity index (χ0) is 10.8. The van der Waals surface area contributed by atoms with E-state index in [-0.39, 0.29) is 5.97 Å². The fourth-order valence-corrected chi connectivity index (χ4v) is 2.09. The van der Waals surface area contributed by atoms with Gasteiger partial charge < -0.3 is 4.74 Å². The van der Waals surface area contributed by atoms with Crippen molar-refractivity contribution in [2.75, 3.05) is 7.11 Å². The van der Waals surface area contributed by atoms with E-state index in [1.807, 2.05) is 17.5 Å². The van der Waals surface area contributed by atoms with Gasteiger partial charge in [-0.2, -0.15) is 5.10 Å². The lowest BCUT2D eigenvalue weighted by molar-refractivity contribution is 0.0601. The van der Waals surface area contributed by atoms with Crippen LogP contribution in [0.4, 0.5) is 0 Å². The first-order valence-corrected chi connectivity index (χ1v) is 5.29. The molecule has 15 heavy (non-hydrogen) atoms. The van der Waals surface area contributed by atoms with Crippen molar-refractivity contribution in [1.82, 2.24) is 10.2 Å². The Hall–Kier alpha value is -1.62. The standard InChI is InChI=1S/C10H10N2O2S/c1-6-8(10(13)14-2)9(12-11-6)7-4-3-5-15-7/h3-5H,1-2H3,(H,11,12). The van der Waals surface area contributed by atoms with Gasteiger partial charge in [0.1, 0.15) is 11.3 Å². The van der Waals surface area contributed by atoms with Gasteiger partial charge in [-0.05, 0) is 18.4 Å². The van der Waals surface area contributed by atoms with Crippen LogP contribution in [0.15, 0.2) is 17.5 Å². The van der Waals surface area contributed by atoms with Crippen molar-refractivity contribution in [1.29, 1.82) is 0 Å². The summed E-state index contributed by atoms with van der Waals surface area (Å²) in [6.45, 7) is 1.80. The van der Waals surface area contributed by atoms with Gasteiger partial charge in [-0.3, -0.25) is 5.10 Å². The number of esters is 1. The molecule has 0 fully saturated rings. The zero-order valence-corrected chi connectivity index (χ0v) is 9.22. The molecule has 78 valence electrons. The highest BCUT2D eigenvalue weighted by atomic mass is 32.1. The van der Waals surface area contributed by atoms with E-state index in [1.54, 1.807) is 18.3 Å². The van der Waals surface area contributed by atoms with Gasteiger partial charge >= 0.3 is 5.97 Å². The van der Waals surface area contributed by atoms with Crippen LogP contribution < -0.4 is 0 Å². The number of ether oxygens (including phenoxy) is 1. The molecule has 0 atom stereocenters. The molecular formula is C10H10N2O2S. The Morgan fingerprint density at radius 3 is 3.00 bits per heavy atom. The van der Waals surface area contributed by atoms with E-state index in [0.717, 1.165) is 10.6 Å². The van der Waals surface area contributed by atoms with Crippen LogP contribution in [0.1, 0.15) is 16.1 Å². The fraction of sp³-hybridized carbons (Fsp3) is 0.200. The maximum Gasteiger partial charge on any atom is 0.342 e. The normalized spacial score (nSPS) is 10.3. The number of aromatic amines is 1. The van der Waals surface area contributed by atoms with Gasteiger partial charge in [0.05, 0.1) is 12.0 Å². The average molecular weight is 222 g/mol. The molecule has 4 nitrogen and oxygen atoms in total. The highest BCUT2D eigenvalue weighted by Gasteiger charge is 2.20. The topological polar surface area (TPSA) is 55.0 Å². The molecule has 0 unspecified atom stereocenters. The van der Waals surface area contributed by atoms with E-state index < -0.39 is 0 Å². The number of nitrogens with zero attached hydrogens (tertiary/aromatic N) is 1. The maximum absolute atomic E-state index is 11.5. The van der Waals surface area contributed by atoms with Crippen LogP contribution in [0.25, 0.3) is 10.6 Å². The number of aryl methyl sites for hydroxylation is 1. The third kappa shape index (κ3) is 1.66. The van der Waals surface area contributed by atoms with Crippen molar-refractivity contribution in [2.45, 2.75) is 6.92 Å². The first kappa shape index (κ1) is 9.92. The third-order valence-electron chi connectivity index (χ3n) is 2.09. The van der Waals surface area contributed by atoms with Gasteiger partial charge in [0.2, 0.25) is 0 Å².